The van der Waals surface area contributed by atoms with E-state index < -0.39 is 0 Å². The van der Waals surface area contributed by atoms with Gasteiger partial charge in [-0.2, -0.15) is 0 Å². The van der Waals surface area contributed by atoms with E-state index in [1.54, 1.807) is 31.4 Å². The summed E-state index contributed by atoms with van der Waals surface area (Å²) in [6, 6.07) is 17.0. The lowest BCUT2D eigenvalue weighted by molar-refractivity contribution is -0.128. The van der Waals surface area contributed by atoms with E-state index in [1.807, 2.05) is 48.2 Å². The lowest BCUT2D eigenvalue weighted by Gasteiger charge is -2.34. The van der Waals surface area contributed by atoms with Crippen molar-refractivity contribution < 1.29 is 14.3 Å². The summed E-state index contributed by atoms with van der Waals surface area (Å²) in [5.74, 6) is 0.884. The molecule has 0 radical (unpaired) electrons. The Morgan fingerprint density at radius 2 is 1.61 bits per heavy atom. The predicted octanol–water partition coefficient (Wildman–Crippen LogP) is 3.13. The van der Waals surface area contributed by atoms with E-state index in [-0.39, 0.29) is 11.7 Å². The summed E-state index contributed by atoms with van der Waals surface area (Å²) in [6.07, 6.45) is 1.92. The average Bonchev–Trinajstić information content (AvgIpc) is 2.74. The Labute approximate surface area is 166 Å². The number of benzene rings is 2. The van der Waals surface area contributed by atoms with E-state index in [4.69, 9.17) is 4.74 Å². The summed E-state index contributed by atoms with van der Waals surface area (Å²) < 4.78 is 5.13. The number of ether oxygens (including phenoxy) is 1. The van der Waals surface area contributed by atoms with Gasteiger partial charge in [0.05, 0.1) is 13.7 Å². The zero-order valence-electron chi connectivity index (χ0n) is 16.4. The number of hydrogen-bond acceptors (Lipinski definition) is 4. The molecule has 0 aromatic heterocycles. The maximum atomic E-state index is 12.7. The molecule has 5 nitrogen and oxygen atoms in total. The van der Waals surface area contributed by atoms with Crippen LogP contribution in [0.5, 0.6) is 5.75 Å². The number of methoxy groups -OCH3 is 1. The van der Waals surface area contributed by atoms with Crippen LogP contribution in [0.1, 0.15) is 22.8 Å². The minimum absolute atomic E-state index is 0.0602. The van der Waals surface area contributed by atoms with Crippen LogP contribution in [0.15, 0.2) is 60.2 Å². The first kappa shape index (κ1) is 19.8. The molecule has 0 saturated carbocycles. The number of nitrogens with zero attached hydrogens (tertiary/aromatic N) is 2. The average molecular weight is 378 g/mol. The van der Waals surface area contributed by atoms with Crippen molar-refractivity contribution in [3.8, 4) is 5.75 Å². The Kier molecular flexibility index (Phi) is 6.61. The van der Waals surface area contributed by atoms with Crippen LogP contribution in [0.3, 0.4) is 0 Å². The third kappa shape index (κ3) is 5.08. The number of carbonyl (C=O) groups is 2. The van der Waals surface area contributed by atoms with E-state index in [2.05, 4.69) is 4.90 Å². The van der Waals surface area contributed by atoms with Crippen LogP contribution in [0.2, 0.25) is 0 Å². The fraction of sp³-hybridized carbons (Fsp3) is 0.304. The van der Waals surface area contributed by atoms with Crippen molar-refractivity contribution in [2.75, 3.05) is 39.8 Å². The molecule has 1 aliphatic rings. The first-order valence-corrected chi connectivity index (χ1v) is 9.49. The fourth-order valence-corrected chi connectivity index (χ4v) is 3.29. The molecule has 0 N–H and O–H groups in total. The molecule has 0 atom stereocenters. The first-order chi connectivity index (χ1) is 13.6. The maximum absolute atomic E-state index is 12.7. The van der Waals surface area contributed by atoms with Crippen LogP contribution < -0.4 is 4.74 Å². The molecule has 1 aliphatic heterocycles. The molecule has 1 fully saturated rings. The minimum Gasteiger partial charge on any atom is -0.497 e. The monoisotopic (exact) mass is 378 g/mol. The van der Waals surface area contributed by atoms with Crippen LogP contribution in [0.4, 0.5) is 0 Å². The van der Waals surface area contributed by atoms with E-state index in [9.17, 15) is 9.59 Å². The van der Waals surface area contributed by atoms with Crippen molar-refractivity contribution in [1.82, 2.24) is 9.80 Å². The van der Waals surface area contributed by atoms with Crippen LogP contribution in [-0.2, 0) is 4.79 Å². The molecule has 28 heavy (non-hydrogen) atoms. The summed E-state index contributed by atoms with van der Waals surface area (Å²) >= 11 is 0. The number of amides is 1. The number of ketones is 1. The molecule has 3 rings (SSSR count). The van der Waals surface area contributed by atoms with Gasteiger partial charge in [0.1, 0.15) is 5.75 Å². The summed E-state index contributed by atoms with van der Waals surface area (Å²) in [5.41, 5.74) is 2.44. The molecule has 0 unspecified atom stereocenters. The molecule has 5 heteroatoms. The van der Waals surface area contributed by atoms with Gasteiger partial charge in [-0.05, 0) is 42.8 Å². The number of hydrogen-bond donors (Lipinski definition) is 0. The zero-order valence-corrected chi connectivity index (χ0v) is 16.4. The lowest BCUT2D eigenvalue weighted by atomic mass is 10.1. The number of rotatable bonds is 6. The zero-order chi connectivity index (χ0) is 19.9. The van der Waals surface area contributed by atoms with Gasteiger partial charge in [-0.1, -0.05) is 30.3 Å². The predicted molar refractivity (Wildman–Crippen MR) is 110 cm³/mol. The van der Waals surface area contributed by atoms with Gasteiger partial charge in [0.15, 0.2) is 5.78 Å². The van der Waals surface area contributed by atoms with Gasteiger partial charge in [-0.25, -0.2) is 0 Å². The second-order valence-corrected chi connectivity index (χ2v) is 6.96. The van der Waals surface area contributed by atoms with Crippen molar-refractivity contribution in [2.24, 2.45) is 0 Å². The Morgan fingerprint density at radius 1 is 0.964 bits per heavy atom. The smallest absolute Gasteiger partial charge is 0.249 e. The standard InChI is InChI=1S/C23H26N2O3/c1-18(16-19-6-4-3-5-7-19)23(27)25-14-12-24(13-15-25)17-22(26)20-8-10-21(28-2)11-9-20/h3-11,16H,12-15,17H2,1-2H3/b18-16+. The van der Waals surface area contributed by atoms with Crippen molar-refractivity contribution >= 4 is 17.8 Å². The molecule has 2 aromatic rings. The van der Waals surface area contributed by atoms with E-state index in [0.29, 0.717) is 38.3 Å². The van der Waals surface area contributed by atoms with Crippen LogP contribution >= 0.6 is 0 Å². The Hall–Kier alpha value is -2.92. The van der Waals surface area contributed by atoms with Crippen molar-refractivity contribution in [3.63, 3.8) is 0 Å². The highest BCUT2D eigenvalue weighted by Crippen LogP contribution is 2.14. The molecule has 146 valence electrons. The van der Waals surface area contributed by atoms with Gasteiger partial charge in [0.25, 0.3) is 0 Å². The van der Waals surface area contributed by atoms with Gasteiger partial charge in [-0.3, -0.25) is 14.5 Å². The Balaban J connectivity index is 1.51. The SMILES string of the molecule is COc1ccc(C(=O)CN2CCN(C(=O)/C(C)=C/c3ccccc3)CC2)cc1. The second-order valence-electron chi connectivity index (χ2n) is 6.96. The molecule has 1 heterocycles. The first-order valence-electron chi connectivity index (χ1n) is 9.49. The van der Waals surface area contributed by atoms with Crippen LogP contribution in [0.25, 0.3) is 6.08 Å². The van der Waals surface area contributed by atoms with Gasteiger partial charge in [0.2, 0.25) is 5.91 Å². The number of piperazine rings is 1. The highest BCUT2D eigenvalue weighted by Gasteiger charge is 2.23. The molecular weight excluding hydrogens is 352 g/mol. The molecule has 0 spiro atoms. The van der Waals surface area contributed by atoms with E-state index >= 15 is 0 Å². The highest BCUT2D eigenvalue weighted by molar-refractivity contribution is 5.98. The highest BCUT2D eigenvalue weighted by atomic mass is 16.5. The fourth-order valence-electron chi connectivity index (χ4n) is 3.29. The second kappa shape index (κ2) is 9.33. The largest absolute Gasteiger partial charge is 0.497 e. The van der Waals surface area contributed by atoms with E-state index in [0.717, 1.165) is 16.9 Å². The summed E-state index contributed by atoms with van der Waals surface area (Å²) in [4.78, 5) is 29.1. The van der Waals surface area contributed by atoms with Gasteiger partial charge >= 0.3 is 0 Å². The maximum Gasteiger partial charge on any atom is 0.249 e. The van der Waals surface area contributed by atoms with Gasteiger partial charge in [-0.15, -0.1) is 0 Å². The van der Waals surface area contributed by atoms with Crippen molar-refractivity contribution in [1.29, 1.82) is 0 Å². The minimum atomic E-state index is 0.0602. The third-order valence-electron chi connectivity index (χ3n) is 4.96. The summed E-state index contributed by atoms with van der Waals surface area (Å²) in [7, 11) is 1.61. The Bertz CT molecular complexity index is 836. The summed E-state index contributed by atoms with van der Waals surface area (Å²) in [6.45, 7) is 4.89. The lowest BCUT2D eigenvalue weighted by Crippen LogP contribution is -2.50. The molecular formula is C23H26N2O3. The van der Waals surface area contributed by atoms with Gasteiger partial charge < -0.3 is 9.64 Å². The molecule has 0 aliphatic carbocycles. The molecule has 0 bridgehead atoms. The van der Waals surface area contributed by atoms with Crippen LogP contribution in [-0.4, -0.2) is 61.3 Å². The van der Waals surface area contributed by atoms with Crippen molar-refractivity contribution in [3.05, 3.63) is 71.3 Å². The topological polar surface area (TPSA) is 49.9 Å². The normalized spacial score (nSPS) is 15.4. The quantitative estimate of drug-likeness (QED) is 0.572. The number of Topliss-reactive ketones (excluding diaryl/α,β-unsaturated/α-hetero) is 1. The van der Waals surface area contributed by atoms with Crippen LogP contribution in [0, 0.1) is 0 Å². The molecule has 1 amide bonds. The molecule has 2 aromatic carbocycles. The number of carbonyl (C=O) groups excluding carboxylic acids is 2. The van der Waals surface area contributed by atoms with Gasteiger partial charge in [0, 0.05) is 37.3 Å². The van der Waals surface area contributed by atoms with E-state index in [1.165, 1.54) is 0 Å². The third-order valence-corrected chi connectivity index (χ3v) is 4.96. The summed E-state index contributed by atoms with van der Waals surface area (Å²) in [5, 5.41) is 0. The Morgan fingerprint density at radius 3 is 2.21 bits per heavy atom. The molecule has 1 saturated heterocycles. The van der Waals surface area contributed by atoms with Crippen molar-refractivity contribution in [2.45, 2.75) is 6.92 Å².